The van der Waals surface area contributed by atoms with Crippen LogP contribution in [0.15, 0.2) is 73.3 Å². The number of nitrogens with one attached hydrogen (secondary N) is 1. The quantitative estimate of drug-likeness (QED) is 0.723. The fourth-order valence-corrected chi connectivity index (χ4v) is 2.91. The van der Waals surface area contributed by atoms with Crippen molar-refractivity contribution in [3.05, 3.63) is 84.4 Å². The molecule has 0 saturated heterocycles. The first-order valence-corrected chi connectivity index (χ1v) is 9.00. The molecule has 27 heavy (non-hydrogen) atoms. The topological polar surface area (TPSA) is 58.1 Å². The summed E-state index contributed by atoms with van der Waals surface area (Å²) in [7, 11) is 1.80. The molecule has 3 rings (SSSR count). The van der Waals surface area contributed by atoms with Gasteiger partial charge in [-0.2, -0.15) is 0 Å². The van der Waals surface area contributed by atoms with E-state index < -0.39 is 0 Å². The van der Waals surface area contributed by atoms with Crippen molar-refractivity contribution >= 4 is 6.03 Å². The Hall–Kier alpha value is -3.21. The van der Waals surface area contributed by atoms with Crippen molar-refractivity contribution in [2.75, 3.05) is 7.05 Å². The maximum absolute atomic E-state index is 12.6. The summed E-state index contributed by atoms with van der Waals surface area (Å²) < 4.78 is 0. The van der Waals surface area contributed by atoms with Crippen molar-refractivity contribution < 1.29 is 4.79 Å². The molecule has 5 heteroatoms. The highest BCUT2D eigenvalue weighted by Crippen LogP contribution is 2.22. The fraction of sp³-hybridized carbons (Fsp3) is 0.227. The monoisotopic (exact) mass is 360 g/mol. The van der Waals surface area contributed by atoms with E-state index in [1.54, 1.807) is 30.5 Å². The number of urea groups is 1. The molecule has 0 bridgehead atoms. The predicted octanol–water partition coefficient (Wildman–Crippen LogP) is 4.61. The van der Waals surface area contributed by atoms with Crippen molar-refractivity contribution in [3.8, 4) is 11.1 Å². The van der Waals surface area contributed by atoms with Crippen molar-refractivity contribution in [2.24, 2.45) is 0 Å². The second kappa shape index (κ2) is 8.45. The van der Waals surface area contributed by atoms with Crippen LogP contribution in [0.25, 0.3) is 11.1 Å². The zero-order valence-electron chi connectivity index (χ0n) is 15.8. The van der Waals surface area contributed by atoms with E-state index >= 15 is 0 Å². The second-order valence-corrected chi connectivity index (χ2v) is 6.60. The Balaban J connectivity index is 1.64. The average molecular weight is 360 g/mol. The molecule has 2 amide bonds. The molecular weight excluding hydrogens is 336 g/mol. The predicted molar refractivity (Wildman–Crippen MR) is 107 cm³/mol. The van der Waals surface area contributed by atoms with E-state index in [0.717, 1.165) is 22.3 Å². The molecule has 1 N–H and O–H groups in total. The standard InChI is InChI=1S/C22H24N4O/c1-16(18-6-8-20(9-7-18)21-5-4-12-24-15-21)25-22(27)26(3)17(2)19-10-13-23-14-11-19/h4-17H,1-3H3,(H,25,27). The van der Waals surface area contributed by atoms with Crippen LogP contribution in [-0.2, 0) is 0 Å². The lowest BCUT2D eigenvalue weighted by Crippen LogP contribution is -2.39. The molecule has 1 aromatic carbocycles. The van der Waals surface area contributed by atoms with Gasteiger partial charge < -0.3 is 10.2 Å². The van der Waals surface area contributed by atoms with Crippen molar-refractivity contribution in [3.63, 3.8) is 0 Å². The van der Waals surface area contributed by atoms with Gasteiger partial charge in [0.1, 0.15) is 0 Å². The third kappa shape index (κ3) is 4.50. The molecule has 0 spiro atoms. The SMILES string of the molecule is CC(NC(=O)N(C)C(C)c1ccncc1)c1ccc(-c2cccnc2)cc1. The van der Waals surface area contributed by atoms with Crippen LogP contribution >= 0.6 is 0 Å². The highest BCUT2D eigenvalue weighted by molar-refractivity contribution is 5.75. The minimum atomic E-state index is -0.108. The van der Waals surface area contributed by atoms with Gasteiger partial charge in [0.25, 0.3) is 0 Å². The molecule has 0 aliphatic heterocycles. The van der Waals surface area contributed by atoms with E-state index in [-0.39, 0.29) is 18.1 Å². The average Bonchev–Trinajstić information content (AvgIpc) is 2.74. The lowest BCUT2D eigenvalue weighted by molar-refractivity contribution is 0.191. The Bertz CT molecular complexity index is 866. The van der Waals surface area contributed by atoms with Crippen molar-refractivity contribution in [1.29, 1.82) is 0 Å². The van der Waals surface area contributed by atoms with Gasteiger partial charge >= 0.3 is 6.03 Å². The number of carbonyl (C=O) groups excluding carboxylic acids is 1. The third-order valence-corrected chi connectivity index (χ3v) is 4.84. The van der Waals surface area contributed by atoms with Gasteiger partial charge in [-0.25, -0.2) is 4.79 Å². The number of pyridine rings is 2. The third-order valence-electron chi connectivity index (χ3n) is 4.84. The Morgan fingerprint density at radius 3 is 2.22 bits per heavy atom. The van der Waals surface area contributed by atoms with Gasteiger partial charge in [-0.15, -0.1) is 0 Å². The number of amides is 2. The fourth-order valence-electron chi connectivity index (χ4n) is 2.91. The number of carbonyl (C=O) groups is 1. The number of benzene rings is 1. The van der Waals surface area contributed by atoms with Gasteiger partial charge in [-0.1, -0.05) is 30.3 Å². The summed E-state index contributed by atoms with van der Waals surface area (Å²) in [6.07, 6.45) is 7.09. The summed E-state index contributed by atoms with van der Waals surface area (Å²) in [5.74, 6) is 0. The van der Waals surface area contributed by atoms with Crippen LogP contribution < -0.4 is 5.32 Å². The van der Waals surface area contributed by atoms with Gasteiger partial charge in [0.15, 0.2) is 0 Å². The molecule has 0 radical (unpaired) electrons. The highest BCUT2D eigenvalue weighted by Gasteiger charge is 2.19. The number of hydrogen-bond donors (Lipinski definition) is 1. The van der Waals surface area contributed by atoms with Crippen LogP contribution in [0.1, 0.15) is 37.1 Å². The normalized spacial score (nSPS) is 12.9. The number of rotatable bonds is 5. The largest absolute Gasteiger partial charge is 0.331 e. The zero-order chi connectivity index (χ0) is 19.2. The maximum atomic E-state index is 12.6. The first-order chi connectivity index (χ1) is 13.1. The summed E-state index contributed by atoms with van der Waals surface area (Å²) in [6.45, 7) is 3.99. The summed E-state index contributed by atoms with van der Waals surface area (Å²) >= 11 is 0. The van der Waals surface area contributed by atoms with Crippen LogP contribution in [-0.4, -0.2) is 27.9 Å². The Kier molecular flexibility index (Phi) is 5.81. The Morgan fingerprint density at radius 2 is 1.59 bits per heavy atom. The molecule has 0 fully saturated rings. The first-order valence-electron chi connectivity index (χ1n) is 9.00. The molecule has 2 unspecified atom stereocenters. The second-order valence-electron chi connectivity index (χ2n) is 6.60. The molecule has 138 valence electrons. The van der Waals surface area contributed by atoms with Crippen molar-refractivity contribution in [2.45, 2.75) is 25.9 Å². The summed E-state index contributed by atoms with van der Waals surface area (Å²) in [6, 6.07) is 15.8. The van der Waals surface area contributed by atoms with Crippen LogP contribution in [0.5, 0.6) is 0 Å². The molecule has 2 aromatic heterocycles. The zero-order valence-corrected chi connectivity index (χ0v) is 15.8. The molecule has 3 aromatic rings. The van der Waals surface area contributed by atoms with E-state index in [1.165, 1.54) is 0 Å². The lowest BCUT2D eigenvalue weighted by atomic mass is 10.0. The molecule has 2 atom stereocenters. The van der Waals surface area contributed by atoms with Crippen LogP contribution in [0.4, 0.5) is 4.79 Å². The Labute approximate surface area is 160 Å². The number of hydrogen-bond acceptors (Lipinski definition) is 3. The minimum absolute atomic E-state index is 0.0341. The van der Waals surface area contributed by atoms with E-state index in [4.69, 9.17) is 0 Å². The molecule has 5 nitrogen and oxygen atoms in total. The minimum Gasteiger partial charge on any atom is -0.331 e. The van der Waals surface area contributed by atoms with E-state index in [1.807, 2.05) is 56.4 Å². The molecule has 0 aliphatic rings. The van der Waals surface area contributed by atoms with Gasteiger partial charge in [0.05, 0.1) is 12.1 Å². The smallest absolute Gasteiger partial charge is 0.318 e. The summed E-state index contributed by atoms with van der Waals surface area (Å²) in [4.78, 5) is 22.5. The van der Waals surface area contributed by atoms with Crippen molar-refractivity contribution in [1.82, 2.24) is 20.2 Å². The lowest BCUT2D eigenvalue weighted by Gasteiger charge is -2.27. The molecule has 0 saturated carbocycles. The highest BCUT2D eigenvalue weighted by atomic mass is 16.2. The molecule has 0 aliphatic carbocycles. The number of nitrogens with zero attached hydrogens (tertiary/aromatic N) is 3. The molecule has 2 heterocycles. The van der Waals surface area contributed by atoms with E-state index in [0.29, 0.717) is 0 Å². The van der Waals surface area contributed by atoms with Gasteiger partial charge in [0, 0.05) is 31.8 Å². The van der Waals surface area contributed by atoms with Crippen LogP contribution in [0.2, 0.25) is 0 Å². The number of aromatic nitrogens is 2. The van der Waals surface area contributed by atoms with Crippen LogP contribution in [0, 0.1) is 0 Å². The maximum Gasteiger partial charge on any atom is 0.318 e. The van der Waals surface area contributed by atoms with Gasteiger partial charge in [-0.3, -0.25) is 9.97 Å². The van der Waals surface area contributed by atoms with Gasteiger partial charge in [0.2, 0.25) is 0 Å². The van der Waals surface area contributed by atoms with E-state index in [9.17, 15) is 4.79 Å². The van der Waals surface area contributed by atoms with Gasteiger partial charge in [-0.05, 0) is 54.3 Å². The van der Waals surface area contributed by atoms with Crippen LogP contribution in [0.3, 0.4) is 0 Å². The molecular formula is C22H24N4O. The summed E-state index contributed by atoms with van der Waals surface area (Å²) in [5, 5.41) is 3.06. The van der Waals surface area contributed by atoms with E-state index in [2.05, 4.69) is 27.4 Å². The summed E-state index contributed by atoms with van der Waals surface area (Å²) in [5.41, 5.74) is 4.29. The Morgan fingerprint density at radius 1 is 0.889 bits per heavy atom. The first kappa shape index (κ1) is 18.6.